The molecule has 1 spiro atoms. The molecule has 0 bridgehead atoms. The average Bonchev–Trinajstić information content (AvgIpc) is 2.99. The van der Waals surface area contributed by atoms with Crippen molar-refractivity contribution in [2.24, 2.45) is 10.7 Å². The highest BCUT2D eigenvalue weighted by Gasteiger charge is 2.42. The summed E-state index contributed by atoms with van der Waals surface area (Å²) in [6.45, 7) is 10.3. The number of aryl methyl sites for hydroxylation is 2. The molecule has 0 saturated carbocycles. The molecule has 1 heterocycles. The van der Waals surface area contributed by atoms with Crippen molar-refractivity contribution < 1.29 is 0 Å². The lowest BCUT2D eigenvalue weighted by atomic mass is 9.85. The molecule has 136 valence electrons. The van der Waals surface area contributed by atoms with Gasteiger partial charge >= 0.3 is 0 Å². The highest BCUT2D eigenvalue weighted by molar-refractivity contribution is 5.81. The Hall–Kier alpha value is -2.55. The van der Waals surface area contributed by atoms with Crippen molar-refractivity contribution in [2.45, 2.75) is 45.6 Å². The monoisotopic (exact) mass is 347 g/mol. The Morgan fingerprint density at radius 3 is 2.54 bits per heavy atom. The molecule has 1 unspecified atom stereocenters. The van der Waals surface area contributed by atoms with Gasteiger partial charge < -0.3 is 10.6 Å². The van der Waals surface area contributed by atoms with Crippen LogP contribution in [-0.4, -0.2) is 17.9 Å². The molecule has 4 rings (SSSR count). The molecule has 3 nitrogen and oxygen atoms in total. The third-order valence-corrected chi connectivity index (χ3v) is 5.41. The molecule has 0 amide bonds. The first-order valence-corrected chi connectivity index (χ1v) is 9.46. The quantitative estimate of drug-likeness (QED) is 0.789. The molecule has 1 atom stereocenters. The molecule has 26 heavy (non-hydrogen) atoms. The van der Waals surface area contributed by atoms with E-state index in [1.165, 1.54) is 27.8 Å². The number of benzene rings is 2. The van der Waals surface area contributed by atoms with Gasteiger partial charge in [-0.2, -0.15) is 0 Å². The fraction of sp³-hybridized carbons (Fsp3) is 0.348. The van der Waals surface area contributed by atoms with E-state index < -0.39 is 0 Å². The van der Waals surface area contributed by atoms with E-state index in [0.29, 0.717) is 5.96 Å². The molecule has 0 fully saturated rings. The van der Waals surface area contributed by atoms with Crippen molar-refractivity contribution >= 4 is 5.96 Å². The van der Waals surface area contributed by atoms with Gasteiger partial charge in [-0.05, 0) is 48.1 Å². The Bertz CT molecular complexity index is 866. The molecule has 1 aliphatic heterocycles. The summed E-state index contributed by atoms with van der Waals surface area (Å²) < 4.78 is 0. The first kappa shape index (κ1) is 18.2. The number of hydrogen-bond acceptors (Lipinski definition) is 3. The van der Waals surface area contributed by atoms with E-state index in [1.807, 2.05) is 25.8 Å². The van der Waals surface area contributed by atoms with Crippen LogP contribution in [0, 0.1) is 6.92 Å². The third kappa shape index (κ3) is 3.03. The zero-order chi connectivity index (χ0) is 18.9. The average molecular weight is 348 g/mol. The van der Waals surface area contributed by atoms with Gasteiger partial charge in [-0.3, -0.25) is 0 Å². The molecule has 1 aliphatic carbocycles. The fourth-order valence-corrected chi connectivity index (χ4v) is 3.96. The van der Waals surface area contributed by atoms with Crippen LogP contribution in [-0.2, 0) is 12.0 Å². The van der Waals surface area contributed by atoms with E-state index >= 15 is 0 Å². The lowest BCUT2D eigenvalue weighted by molar-refractivity contribution is 0.369. The van der Waals surface area contributed by atoms with Gasteiger partial charge in [0, 0.05) is 19.2 Å². The summed E-state index contributed by atoms with van der Waals surface area (Å²) >= 11 is 0. The molecule has 0 saturated heterocycles. The van der Waals surface area contributed by atoms with Crippen molar-refractivity contribution in [3.63, 3.8) is 0 Å². The first-order chi connectivity index (χ1) is 12.5. The summed E-state index contributed by atoms with van der Waals surface area (Å²) in [6.07, 6.45) is 2.90. The van der Waals surface area contributed by atoms with E-state index in [2.05, 4.69) is 56.0 Å². The van der Waals surface area contributed by atoms with E-state index in [9.17, 15) is 0 Å². The number of nitrogens with zero attached hydrogens (tertiary/aromatic N) is 2. The molecule has 2 aromatic carbocycles. The normalized spacial score (nSPS) is 21.2. The van der Waals surface area contributed by atoms with Gasteiger partial charge in [0.25, 0.3) is 0 Å². The Labute approximate surface area is 157 Å². The molecule has 2 aromatic rings. The SMILES string of the molecule is C=C1CC2(CCc3ccc(-c4cccc(C)c4)cc32)N=C(N)N1C.CC. The van der Waals surface area contributed by atoms with Crippen molar-refractivity contribution in [3.05, 3.63) is 71.4 Å². The van der Waals surface area contributed by atoms with Crippen LogP contribution in [0.25, 0.3) is 11.1 Å². The highest BCUT2D eigenvalue weighted by atomic mass is 15.3. The lowest BCUT2D eigenvalue weighted by Gasteiger charge is -2.37. The second kappa shape index (κ2) is 6.99. The number of guanidine groups is 1. The predicted molar refractivity (Wildman–Crippen MR) is 111 cm³/mol. The predicted octanol–water partition coefficient (Wildman–Crippen LogP) is 4.99. The zero-order valence-corrected chi connectivity index (χ0v) is 16.3. The van der Waals surface area contributed by atoms with Crippen LogP contribution in [0.5, 0.6) is 0 Å². The zero-order valence-electron chi connectivity index (χ0n) is 16.3. The minimum absolute atomic E-state index is 0.233. The second-order valence-electron chi connectivity index (χ2n) is 7.05. The standard InChI is InChI=1S/C21H23N3.C2H6/c1-14-5-4-6-17(11-14)18-8-7-16-9-10-21(19(16)12-18)13-15(2)24(3)20(22)23-21;1-2/h4-8,11-12H,2,9-10,13H2,1,3H3,(H2,22,23);1-2H3. The van der Waals surface area contributed by atoms with Crippen molar-refractivity contribution in [2.75, 3.05) is 7.05 Å². The van der Waals surface area contributed by atoms with E-state index in [0.717, 1.165) is 25.0 Å². The summed E-state index contributed by atoms with van der Waals surface area (Å²) in [5.74, 6) is 0.569. The smallest absolute Gasteiger partial charge is 0.196 e. The minimum Gasteiger partial charge on any atom is -0.370 e. The molecular weight excluding hydrogens is 318 g/mol. The van der Waals surface area contributed by atoms with Gasteiger partial charge in [-0.25, -0.2) is 4.99 Å². The summed E-state index contributed by atoms with van der Waals surface area (Å²) in [4.78, 5) is 6.79. The maximum atomic E-state index is 6.16. The third-order valence-electron chi connectivity index (χ3n) is 5.41. The topological polar surface area (TPSA) is 41.6 Å². The van der Waals surface area contributed by atoms with Crippen LogP contribution < -0.4 is 5.73 Å². The maximum Gasteiger partial charge on any atom is 0.196 e. The molecule has 2 N–H and O–H groups in total. The highest BCUT2D eigenvalue weighted by Crippen LogP contribution is 2.47. The van der Waals surface area contributed by atoms with Crippen LogP contribution in [0.15, 0.2) is 59.7 Å². The molecule has 0 aromatic heterocycles. The maximum absolute atomic E-state index is 6.16. The van der Waals surface area contributed by atoms with E-state index in [1.54, 1.807) is 0 Å². The Balaban J connectivity index is 0.000000948. The lowest BCUT2D eigenvalue weighted by Crippen LogP contribution is -2.42. The number of aliphatic imine (C=N–C) groups is 1. The Morgan fingerprint density at radius 2 is 1.85 bits per heavy atom. The molecule has 3 heteroatoms. The van der Waals surface area contributed by atoms with Gasteiger partial charge in [-0.15, -0.1) is 0 Å². The summed E-state index contributed by atoms with van der Waals surface area (Å²) in [7, 11) is 1.94. The largest absolute Gasteiger partial charge is 0.370 e. The summed E-state index contributed by atoms with van der Waals surface area (Å²) in [5.41, 5.74) is 13.5. The second-order valence-corrected chi connectivity index (χ2v) is 7.05. The fourth-order valence-electron chi connectivity index (χ4n) is 3.96. The Kier molecular flexibility index (Phi) is 4.90. The number of nitrogens with two attached hydrogens (primary N) is 1. The van der Waals surface area contributed by atoms with Crippen LogP contribution in [0.1, 0.15) is 43.4 Å². The van der Waals surface area contributed by atoms with Crippen LogP contribution >= 0.6 is 0 Å². The summed E-state index contributed by atoms with van der Waals surface area (Å²) in [6, 6.07) is 15.4. The van der Waals surface area contributed by atoms with Crippen molar-refractivity contribution in [1.82, 2.24) is 4.90 Å². The van der Waals surface area contributed by atoms with E-state index in [-0.39, 0.29) is 5.54 Å². The molecule has 2 aliphatic rings. The van der Waals surface area contributed by atoms with Crippen molar-refractivity contribution in [3.8, 4) is 11.1 Å². The van der Waals surface area contributed by atoms with Gasteiger partial charge in [0.15, 0.2) is 5.96 Å². The van der Waals surface area contributed by atoms with Crippen LogP contribution in [0.4, 0.5) is 0 Å². The van der Waals surface area contributed by atoms with E-state index in [4.69, 9.17) is 10.7 Å². The number of hydrogen-bond donors (Lipinski definition) is 1. The van der Waals surface area contributed by atoms with Crippen LogP contribution in [0.3, 0.4) is 0 Å². The minimum atomic E-state index is -0.233. The van der Waals surface area contributed by atoms with Gasteiger partial charge in [0.2, 0.25) is 0 Å². The Morgan fingerprint density at radius 1 is 1.12 bits per heavy atom. The van der Waals surface area contributed by atoms with Crippen molar-refractivity contribution in [1.29, 1.82) is 0 Å². The van der Waals surface area contributed by atoms with Gasteiger partial charge in [0.05, 0.1) is 5.54 Å². The molecular formula is C23H29N3. The van der Waals surface area contributed by atoms with Crippen LogP contribution in [0.2, 0.25) is 0 Å². The first-order valence-electron chi connectivity index (χ1n) is 9.46. The molecule has 0 radical (unpaired) electrons. The van der Waals surface area contributed by atoms with Gasteiger partial charge in [0.1, 0.15) is 0 Å². The number of rotatable bonds is 1. The number of fused-ring (bicyclic) bond motifs is 2. The summed E-state index contributed by atoms with van der Waals surface area (Å²) in [5, 5.41) is 0. The van der Waals surface area contributed by atoms with Gasteiger partial charge in [-0.1, -0.05) is 62.4 Å².